The van der Waals surface area contributed by atoms with E-state index in [2.05, 4.69) is 35.2 Å². The highest BCUT2D eigenvalue weighted by molar-refractivity contribution is 6.05. The number of carbonyl (C=O) groups is 1. The van der Waals surface area contributed by atoms with Gasteiger partial charge in [-0.05, 0) is 38.8 Å². The second-order valence-electron chi connectivity index (χ2n) is 9.62. The maximum Gasteiger partial charge on any atom is 0.272 e. The molecular weight excluding hydrogens is 428 g/mol. The normalized spacial score (nSPS) is 22.5. The molecule has 2 fully saturated rings. The molecule has 3 aromatic rings. The summed E-state index contributed by atoms with van der Waals surface area (Å²) in [7, 11) is 0. The van der Waals surface area contributed by atoms with Crippen LogP contribution in [-0.4, -0.2) is 57.0 Å². The second kappa shape index (κ2) is 9.60. The summed E-state index contributed by atoms with van der Waals surface area (Å²) in [6, 6.07) is 15.9. The standard InChI is InChI=1S/C27H32N4O3/c1-18(2)11-12-31-24-9-5-4-8-23(24)26(29-31)27(33)28-20-13-21-16-34-17-22(14-20)30(21)15-19-7-3-6-10-25(19)32/h3-11,20-22,32H,12-17H2,1-2H3,(H,28,33)/t20?,21-,22+. The van der Waals surface area contributed by atoms with E-state index in [-0.39, 0.29) is 24.0 Å². The Hall–Kier alpha value is -3.16. The molecule has 34 heavy (non-hydrogen) atoms. The number of benzene rings is 2. The number of phenols is 1. The quantitative estimate of drug-likeness (QED) is 0.546. The van der Waals surface area contributed by atoms with Crippen LogP contribution in [0.25, 0.3) is 10.9 Å². The fraction of sp³-hybridized carbons (Fsp3) is 0.407. The van der Waals surface area contributed by atoms with Gasteiger partial charge in [-0.1, -0.05) is 48.0 Å². The molecule has 3 heterocycles. The number of nitrogens with one attached hydrogen (secondary N) is 1. The molecule has 2 bridgehead atoms. The highest BCUT2D eigenvalue weighted by Gasteiger charge is 2.40. The molecular formula is C27H32N4O3. The number of amides is 1. The highest BCUT2D eigenvalue weighted by atomic mass is 16.5. The van der Waals surface area contributed by atoms with Gasteiger partial charge in [0, 0.05) is 35.6 Å². The Labute approximate surface area is 200 Å². The number of phenolic OH excluding ortho intramolecular Hbond substituents is 1. The zero-order valence-electron chi connectivity index (χ0n) is 19.8. The molecule has 1 amide bonds. The topological polar surface area (TPSA) is 79.6 Å². The van der Waals surface area contributed by atoms with Gasteiger partial charge >= 0.3 is 0 Å². The number of hydrogen-bond donors (Lipinski definition) is 2. The summed E-state index contributed by atoms with van der Waals surface area (Å²) in [4.78, 5) is 15.8. The molecule has 2 saturated heterocycles. The van der Waals surface area contributed by atoms with E-state index in [1.165, 1.54) is 5.57 Å². The fourth-order valence-corrected chi connectivity index (χ4v) is 5.16. The molecule has 1 aromatic heterocycles. The number of nitrogens with zero attached hydrogens (tertiary/aromatic N) is 3. The number of rotatable bonds is 6. The number of hydrogen-bond acceptors (Lipinski definition) is 5. The van der Waals surface area contributed by atoms with Gasteiger partial charge in [0.25, 0.3) is 5.91 Å². The molecule has 2 N–H and O–H groups in total. The zero-order chi connectivity index (χ0) is 23.7. The number of carbonyl (C=O) groups excluding carboxylic acids is 1. The lowest BCUT2D eigenvalue weighted by Gasteiger charge is -2.48. The highest BCUT2D eigenvalue weighted by Crippen LogP contribution is 2.31. The van der Waals surface area contributed by atoms with Crippen molar-refractivity contribution in [1.29, 1.82) is 0 Å². The minimum absolute atomic E-state index is 0.0636. The first-order chi connectivity index (χ1) is 16.5. The molecule has 2 aliphatic heterocycles. The first-order valence-corrected chi connectivity index (χ1v) is 12.0. The van der Waals surface area contributed by atoms with E-state index in [1.54, 1.807) is 6.07 Å². The predicted octanol–water partition coefficient (Wildman–Crippen LogP) is 3.87. The van der Waals surface area contributed by atoms with E-state index in [9.17, 15) is 9.90 Å². The van der Waals surface area contributed by atoms with Crippen LogP contribution in [0.5, 0.6) is 5.75 Å². The van der Waals surface area contributed by atoms with Gasteiger partial charge in [0.2, 0.25) is 0 Å². The molecule has 7 nitrogen and oxygen atoms in total. The Kier molecular flexibility index (Phi) is 6.39. The number of aromatic nitrogens is 2. The third-order valence-corrected chi connectivity index (χ3v) is 6.90. The van der Waals surface area contributed by atoms with Gasteiger partial charge in [-0.2, -0.15) is 5.10 Å². The van der Waals surface area contributed by atoms with Crippen molar-refractivity contribution in [1.82, 2.24) is 20.0 Å². The summed E-state index contributed by atoms with van der Waals surface area (Å²) in [5.74, 6) is 0.206. The van der Waals surface area contributed by atoms with E-state index in [1.807, 2.05) is 47.1 Å². The lowest BCUT2D eigenvalue weighted by atomic mass is 9.89. The molecule has 3 atom stereocenters. The third kappa shape index (κ3) is 4.58. The van der Waals surface area contributed by atoms with E-state index in [0.29, 0.717) is 37.7 Å². The van der Waals surface area contributed by atoms with Gasteiger partial charge in [-0.25, -0.2) is 0 Å². The van der Waals surface area contributed by atoms with Crippen molar-refractivity contribution in [2.24, 2.45) is 0 Å². The van der Waals surface area contributed by atoms with Crippen LogP contribution >= 0.6 is 0 Å². The Morgan fingerprint density at radius 3 is 2.56 bits per heavy atom. The van der Waals surface area contributed by atoms with Crippen molar-refractivity contribution >= 4 is 16.8 Å². The summed E-state index contributed by atoms with van der Waals surface area (Å²) < 4.78 is 7.74. The molecule has 2 aliphatic rings. The Balaban J connectivity index is 1.31. The van der Waals surface area contributed by atoms with Gasteiger partial charge in [-0.15, -0.1) is 0 Å². The van der Waals surface area contributed by atoms with Crippen molar-refractivity contribution in [3.8, 4) is 5.75 Å². The lowest BCUT2D eigenvalue weighted by molar-refractivity contribution is -0.0845. The molecule has 5 rings (SSSR count). The summed E-state index contributed by atoms with van der Waals surface area (Å²) in [6.07, 6.45) is 3.74. The lowest BCUT2D eigenvalue weighted by Crippen LogP contribution is -2.60. The van der Waals surface area contributed by atoms with Gasteiger partial charge in [0.05, 0.1) is 25.3 Å². The molecule has 2 aromatic carbocycles. The van der Waals surface area contributed by atoms with Crippen LogP contribution in [0.3, 0.4) is 0 Å². The zero-order valence-corrected chi connectivity index (χ0v) is 19.8. The Morgan fingerprint density at radius 2 is 1.82 bits per heavy atom. The van der Waals surface area contributed by atoms with Gasteiger partial charge in [0.1, 0.15) is 5.75 Å². The SMILES string of the molecule is CC(C)=CCn1nc(C(=O)NC2C[C@H]3COC[C@@H](C2)N3Cc2ccccc2O)c2ccccc21. The van der Waals surface area contributed by atoms with E-state index < -0.39 is 0 Å². The van der Waals surface area contributed by atoms with Crippen molar-refractivity contribution in [2.45, 2.75) is 57.9 Å². The summed E-state index contributed by atoms with van der Waals surface area (Å²) >= 11 is 0. The fourth-order valence-electron chi connectivity index (χ4n) is 5.16. The Bertz CT molecular complexity index is 1200. The number of fused-ring (bicyclic) bond motifs is 3. The van der Waals surface area contributed by atoms with Crippen molar-refractivity contribution < 1.29 is 14.6 Å². The van der Waals surface area contributed by atoms with Gasteiger partial charge in [-0.3, -0.25) is 14.4 Å². The van der Waals surface area contributed by atoms with Crippen LogP contribution < -0.4 is 5.32 Å². The second-order valence-corrected chi connectivity index (χ2v) is 9.62. The predicted molar refractivity (Wildman–Crippen MR) is 132 cm³/mol. The number of piperidine rings is 1. The van der Waals surface area contributed by atoms with Crippen LogP contribution in [-0.2, 0) is 17.8 Å². The number of aromatic hydroxyl groups is 1. The van der Waals surface area contributed by atoms with Crippen LogP contribution in [0.4, 0.5) is 0 Å². The first-order valence-electron chi connectivity index (χ1n) is 12.0. The smallest absolute Gasteiger partial charge is 0.272 e. The largest absolute Gasteiger partial charge is 0.508 e. The van der Waals surface area contributed by atoms with Crippen LogP contribution in [0.1, 0.15) is 42.7 Å². The Morgan fingerprint density at radius 1 is 1.12 bits per heavy atom. The number of allylic oxidation sites excluding steroid dienone is 2. The molecule has 0 radical (unpaired) electrons. The molecule has 0 spiro atoms. The van der Waals surface area contributed by atoms with E-state index in [4.69, 9.17) is 4.74 Å². The maximum absolute atomic E-state index is 13.3. The van der Waals surface area contributed by atoms with Crippen molar-refractivity contribution in [3.63, 3.8) is 0 Å². The molecule has 0 aliphatic carbocycles. The van der Waals surface area contributed by atoms with E-state index in [0.717, 1.165) is 29.3 Å². The average molecular weight is 461 g/mol. The number of para-hydroxylation sites is 2. The molecule has 1 unspecified atom stereocenters. The number of ether oxygens (including phenoxy) is 1. The minimum Gasteiger partial charge on any atom is -0.508 e. The molecule has 178 valence electrons. The van der Waals surface area contributed by atoms with Gasteiger partial charge < -0.3 is 15.2 Å². The monoisotopic (exact) mass is 460 g/mol. The van der Waals surface area contributed by atoms with Crippen molar-refractivity contribution in [2.75, 3.05) is 13.2 Å². The molecule has 7 heteroatoms. The summed E-state index contributed by atoms with van der Waals surface area (Å²) in [5.41, 5.74) is 3.59. The van der Waals surface area contributed by atoms with Gasteiger partial charge in [0.15, 0.2) is 5.69 Å². The third-order valence-electron chi connectivity index (χ3n) is 6.90. The van der Waals surface area contributed by atoms with Crippen LogP contribution in [0.15, 0.2) is 60.2 Å². The van der Waals surface area contributed by atoms with Crippen molar-refractivity contribution in [3.05, 3.63) is 71.4 Å². The molecule has 0 saturated carbocycles. The van der Waals surface area contributed by atoms with E-state index >= 15 is 0 Å². The summed E-state index contributed by atoms with van der Waals surface area (Å²) in [5, 5.41) is 19.1. The summed E-state index contributed by atoms with van der Waals surface area (Å²) in [6.45, 7) is 6.72. The maximum atomic E-state index is 13.3. The van der Waals surface area contributed by atoms with Crippen LogP contribution in [0, 0.1) is 0 Å². The number of morpholine rings is 1. The van der Waals surface area contributed by atoms with Crippen LogP contribution in [0.2, 0.25) is 0 Å². The minimum atomic E-state index is -0.120. The first kappa shape index (κ1) is 22.6. The average Bonchev–Trinajstić information content (AvgIpc) is 3.18.